The molecule has 0 atom stereocenters. The Morgan fingerprint density at radius 2 is 1.69 bits per heavy atom. The highest BCUT2D eigenvalue weighted by molar-refractivity contribution is 6.31. The van der Waals surface area contributed by atoms with Crippen molar-refractivity contribution in [2.24, 2.45) is 5.41 Å². The van der Waals surface area contributed by atoms with Crippen LogP contribution in [0.3, 0.4) is 0 Å². The number of nitrogens with one attached hydrogen (secondary N) is 2. The molecule has 3 rings (SSSR count). The Labute approximate surface area is 227 Å². The van der Waals surface area contributed by atoms with E-state index in [1.807, 2.05) is 4.90 Å². The summed E-state index contributed by atoms with van der Waals surface area (Å²) in [5.41, 5.74) is -1.08. The molecule has 1 fully saturated rings. The van der Waals surface area contributed by atoms with Crippen LogP contribution in [0.1, 0.15) is 36.2 Å². The van der Waals surface area contributed by atoms with Crippen molar-refractivity contribution in [3.63, 3.8) is 0 Å². The second kappa shape index (κ2) is 12.5. The van der Waals surface area contributed by atoms with E-state index >= 15 is 0 Å². The maximum absolute atomic E-state index is 14.9. The molecule has 1 aliphatic rings. The SMILES string of the molecule is CC(C)(CO)C(=O)NCc1ccc(C(=O)Nc2ccc(Cl)cc2N2CCN(CCC(F)(F)F)CC2)c(F)c1F. The van der Waals surface area contributed by atoms with Crippen molar-refractivity contribution >= 4 is 34.8 Å². The van der Waals surface area contributed by atoms with E-state index in [1.165, 1.54) is 32.0 Å². The number of rotatable bonds is 9. The summed E-state index contributed by atoms with van der Waals surface area (Å²) in [4.78, 5) is 28.6. The number of aliphatic hydroxyl groups is 1. The summed E-state index contributed by atoms with van der Waals surface area (Å²) in [6.45, 7) is 3.57. The van der Waals surface area contributed by atoms with Crippen molar-refractivity contribution in [3.8, 4) is 0 Å². The number of amides is 2. The van der Waals surface area contributed by atoms with Crippen LogP contribution in [-0.4, -0.2) is 67.3 Å². The molecule has 0 radical (unpaired) electrons. The number of nitrogens with zero attached hydrogens (tertiary/aromatic N) is 2. The highest BCUT2D eigenvalue weighted by Gasteiger charge is 2.30. The molecule has 1 heterocycles. The molecule has 13 heteroatoms. The first-order chi connectivity index (χ1) is 18.2. The first kappa shape index (κ1) is 30.6. The number of piperazine rings is 1. The molecular formula is C26H30ClF5N4O3. The number of carbonyl (C=O) groups excluding carboxylic acids is 2. The van der Waals surface area contributed by atoms with Crippen LogP contribution in [-0.2, 0) is 11.3 Å². The van der Waals surface area contributed by atoms with Crippen molar-refractivity contribution in [1.82, 2.24) is 10.2 Å². The predicted octanol–water partition coefficient (Wildman–Crippen LogP) is 4.58. The molecule has 0 aromatic heterocycles. The number of benzene rings is 2. The van der Waals surface area contributed by atoms with Gasteiger partial charge in [-0.1, -0.05) is 17.7 Å². The van der Waals surface area contributed by atoms with Crippen LogP contribution in [0.5, 0.6) is 0 Å². The van der Waals surface area contributed by atoms with E-state index in [0.717, 1.165) is 6.07 Å². The minimum Gasteiger partial charge on any atom is -0.395 e. The Morgan fingerprint density at radius 3 is 2.31 bits per heavy atom. The van der Waals surface area contributed by atoms with Crippen LogP contribution in [0.2, 0.25) is 5.02 Å². The fourth-order valence-corrected chi connectivity index (χ4v) is 4.11. The van der Waals surface area contributed by atoms with Gasteiger partial charge in [-0.3, -0.25) is 14.5 Å². The summed E-state index contributed by atoms with van der Waals surface area (Å²) in [7, 11) is 0. The average molecular weight is 577 g/mol. The number of hydrogen-bond donors (Lipinski definition) is 3. The quantitative estimate of drug-likeness (QED) is 0.381. The molecule has 7 nitrogen and oxygen atoms in total. The zero-order chi connectivity index (χ0) is 29.0. The summed E-state index contributed by atoms with van der Waals surface area (Å²) in [6, 6.07) is 6.88. The topological polar surface area (TPSA) is 84.9 Å². The van der Waals surface area contributed by atoms with E-state index in [0.29, 0.717) is 36.9 Å². The van der Waals surface area contributed by atoms with Gasteiger partial charge in [0.25, 0.3) is 5.91 Å². The zero-order valence-electron chi connectivity index (χ0n) is 21.5. The largest absolute Gasteiger partial charge is 0.395 e. The van der Waals surface area contributed by atoms with Gasteiger partial charge in [0.05, 0.1) is 35.4 Å². The van der Waals surface area contributed by atoms with Crippen LogP contribution < -0.4 is 15.5 Å². The highest BCUT2D eigenvalue weighted by Crippen LogP contribution is 2.31. The lowest BCUT2D eigenvalue weighted by Crippen LogP contribution is -2.47. The van der Waals surface area contributed by atoms with Gasteiger partial charge in [-0.15, -0.1) is 0 Å². The monoisotopic (exact) mass is 576 g/mol. The standard InChI is InChI=1S/C26H30ClF5N4O3/c1-25(2,15-37)24(39)33-14-16-3-5-18(22(29)21(16)28)23(38)34-19-6-4-17(27)13-20(19)36-11-9-35(10-12-36)8-7-26(30,31)32/h3-6,13,37H,7-12,14-15H2,1-2H3,(H,33,39)(H,34,38). The van der Waals surface area contributed by atoms with Gasteiger partial charge >= 0.3 is 6.18 Å². The molecule has 39 heavy (non-hydrogen) atoms. The fraction of sp³-hybridized carbons (Fsp3) is 0.462. The van der Waals surface area contributed by atoms with Crippen LogP contribution in [0, 0.1) is 17.0 Å². The van der Waals surface area contributed by atoms with Gasteiger partial charge in [0.1, 0.15) is 0 Å². The second-order valence-electron chi connectivity index (χ2n) is 9.93. The minimum absolute atomic E-state index is 0.111. The van der Waals surface area contributed by atoms with E-state index < -0.39 is 53.6 Å². The molecule has 2 amide bonds. The molecule has 0 saturated carbocycles. The molecule has 0 aliphatic carbocycles. The molecule has 0 spiro atoms. The number of alkyl halides is 3. The van der Waals surface area contributed by atoms with E-state index in [2.05, 4.69) is 10.6 Å². The third-order valence-electron chi connectivity index (χ3n) is 6.49. The van der Waals surface area contributed by atoms with Crippen LogP contribution >= 0.6 is 11.6 Å². The number of carbonyl (C=O) groups is 2. The highest BCUT2D eigenvalue weighted by atomic mass is 35.5. The van der Waals surface area contributed by atoms with Crippen molar-refractivity contribution < 1.29 is 36.6 Å². The Hall–Kier alpha value is -2.96. The second-order valence-corrected chi connectivity index (χ2v) is 10.4. The lowest BCUT2D eigenvalue weighted by atomic mass is 9.93. The van der Waals surface area contributed by atoms with Gasteiger partial charge in [0.2, 0.25) is 5.91 Å². The molecule has 214 valence electrons. The molecule has 1 saturated heterocycles. The summed E-state index contributed by atoms with van der Waals surface area (Å²) < 4.78 is 67.2. The lowest BCUT2D eigenvalue weighted by Gasteiger charge is -2.37. The number of anilines is 2. The fourth-order valence-electron chi connectivity index (χ4n) is 3.95. The van der Waals surface area contributed by atoms with Crippen LogP contribution in [0.25, 0.3) is 0 Å². The zero-order valence-corrected chi connectivity index (χ0v) is 22.2. The lowest BCUT2D eigenvalue weighted by molar-refractivity contribution is -0.138. The summed E-state index contributed by atoms with van der Waals surface area (Å²) in [5.74, 6) is -4.16. The third kappa shape index (κ3) is 8.02. The molecule has 2 aromatic rings. The molecule has 2 aromatic carbocycles. The normalized spacial score (nSPS) is 14.8. The first-order valence-corrected chi connectivity index (χ1v) is 12.6. The van der Waals surface area contributed by atoms with Crippen molar-refractivity contribution in [1.29, 1.82) is 0 Å². The van der Waals surface area contributed by atoms with Gasteiger partial charge in [0, 0.05) is 49.9 Å². The van der Waals surface area contributed by atoms with Crippen molar-refractivity contribution in [3.05, 3.63) is 58.1 Å². The van der Waals surface area contributed by atoms with Crippen LogP contribution in [0.15, 0.2) is 30.3 Å². The Morgan fingerprint density at radius 1 is 1.03 bits per heavy atom. The predicted molar refractivity (Wildman–Crippen MR) is 138 cm³/mol. The number of halogens is 6. The van der Waals surface area contributed by atoms with Gasteiger partial charge in [0.15, 0.2) is 11.6 Å². The number of aliphatic hydroxyl groups excluding tert-OH is 1. The summed E-state index contributed by atoms with van der Waals surface area (Å²) in [5, 5.41) is 14.6. The maximum Gasteiger partial charge on any atom is 0.390 e. The van der Waals surface area contributed by atoms with E-state index in [-0.39, 0.29) is 24.3 Å². The molecule has 3 N–H and O–H groups in total. The van der Waals surface area contributed by atoms with Gasteiger partial charge in [-0.2, -0.15) is 13.2 Å². The van der Waals surface area contributed by atoms with Gasteiger partial charge < -0.3 is 20.6 Å². The summed E-state index contributed by atoms with van der Waals surface area (Å²) in [6.07, 6.45) is -5.14. The van der Waals surface area contributed by atoms with E-state index in [4.69, 9.17) is 11.6 Å². The number of hydrogen-bond acceptors (Lipinski definition) is 5. The Bertz CT molecular complexity index is 1200. The van der Waals surface area contributed by atoms with Gasteiger partial charge in [-0.05, 0) is 38.1 Å². The molecule has 1 aliphatic heterocycles. The first-order valence-electron chi connectivity index (χ1n) is 12.2. The maximum atomic E-state index is 14.9. The van der Waals surface area contributed by atoms with E-state index in [9.17, 15) is 36.6 Å². The Kier molecular flexibility index (Phi) is 9.78. The van der Waals surface area contributed by atoms with Crippen molar-refractivity contribution in [2.75, 3.05) is 49.5 Å². The van der Waals surface area contributed by atoms with Crippen LogP contribution in [0.4, 0.5) is 33.3 Å². The van der Waals surface area contributed by atoms with E-state index in [1.54, 1.807) is 11.0 Å². The Balaban J connectivity index is 1.70. The molecule has 0 unspecified atom stereocenters. The minimum atomic E-state index is -4.24. The molecular weight excluding hydrogens is 547 g/mol. The summed E-state index contributed by atoms with van der Waals surface area (Å²) >= 11 is 6.14. The van der Waals surface area contributed by atoms with Crippen molar-refractivity contribution in [2.45, 2.75) is 33.0 Å². The third-order valence-corrected chi connectivity index (χ3v) is 6.72. The van der Waals surface area contributed by atoms with Gasteiger partial charge in [-0.25, -0.2) is 8.78 Å². The smallest absolute Gasteiger partial charge is 0.390 e. The molecule has 0 bridgehead atoms. The average Bonchev–Trinajstić information content (AvgIpc) is 2.89.